The summed E-state index contributed by atoms with van der Waals surface area (Å²) < 4.78 is 4.54. The van der Waals surface area contributed by atoms with Gasteiger partial charge in [-0.15, -0.1) is 0 Å². The zero-order valence-corrected chi connectivity index (χ0v) is 7.19. The summed E-state index contributed by atoms with van der Waals surface area (Å²) in [5.74, 6) is -0.0864. The summed E-state index contributed by atoms with van der Waals surface area (Å²) in [5.41, 5.74) is 0.564. The Morgan fingerprint density at radius 2 is 2.46 bits per heavy atom. The molecule has 1 rings (SSSR count). The number of unbranched alkanes of at least 4 members (excludes halogenated alkanes) is 1. The molecule has 1 heterocycles. The second-order valence-corrected chi connectivity index (χ2v) is 2.64. The van der Waals surface area contributed by atoms with Gasteiger partial charge in [0.2, 0.25) is 5.91 Å². The van der Waals surface area contributed by atoms with Crippen LogP contribution in [0.15, 0.2) is 17.0 Å². The van der Waals surface area contributed by atoms with Crippen LogP contribution < -0.4 is 5.32 Å². The fraction of sp³-hybridized carbons (Fsp3) is 0.500. The molecule has 0 aromatic carbocycles. The number of nitrogens with zero attached hydrogens (tertiary/aromatic N) is 1. The van der Waals surface area contributed by atoms with Crippen LogP contribution in [0.3, 0.4) is 0 Å². The van der Waals surface area contributed by atoms with Crippen molar-refractivity contribution >= 4 is 11.6 Å². The lowest BCUT2D eigenvalue weighted by Gasteiger charge is -1.99. The smallest absolute Gasteiger partial charge is 0.224 e. The normalized spacial score (nSPS) is 9.92. The largest absolute Gasteiger partial charge is 0.396 e. The van der Waals surface area contributed by atoms with E-state index in [0.717, 1.165) is 0 Å². The number of amides is 1. The molecule has 0 radical (unpaired) electrons. The van der Waals surface area contributed by atoms with Crippen molar-refractivity contribution in [2.24, 2.45) is 0 Å². The molecule has 72 valence electrons. The van der Waals surface area contributed by atoms with Gasteiger partial charge in [-0.1, -0.05) is 5.16 Å². The van der Waals surface area contributed by atoms with Crippen LogP contribution in [0.1, 0.15) is 19.3 Å². The van der Waals surface area contributed by atoms with Gasteiger partial charge < -0.3 is 14.9 Å². The molecule has 0 aliphatic carbocycles. The van der Waals surface area contributed by atoms with E-state index in [2.05, 4.69) is 15.0 Å². The first-order chi connectivity index (χ1) is 6.33. The number of aliphatic hydroxyl groups is 1. The summed E-state index contributed by atoms with van der Waals surface area (Å²) in [6, 6.07) is 0. The number of anilines is 1. The minimum absolute atomic E-state index is 0.0864. The third-order valence-electron chi connectivity index (χ3n) is 1.53. The van der Waals surface area contributed by atoms with E-state index in [1.54, 1.807) is 0 Å². The molecule has 2 N–H and O–H groups in total. The molecular formula is C8H12N2O3. The Bertz CT molecular complexity index is 246. The van der Waals surface area contributed by atoms with Crippen LogP contribution in [0.5, 0.6) is 0 Å². The van der Waals surface area contributed by atoms with E-state index >= 15 is 0 Å². The van der Waals surface area contributed by atoms with Gasteiger partial charge in [-0.2, -0.15) is 0 Å². The monoisotopic (exact) mass is 184 g/mol. The van der Waals surface area contributed by atoms with Gasteiger partial charge in [-0.3, -0.25) is 4.79 Å². The second kappa shape index (κ2) is 5.31. The Balaban J connectivity index is 2.18. The van der Waals surface area contributed by atoms with Gasteiger partial charge in [0.15, 0.2) is 0 Å². The topological polar surface area (TPSA) is 75.4 Å². The number of carbonyl (C=O) groups is 1. The van der Waals surface area contributed by atoms with Crippen LogP contribution >= 0.6 is 0 Å². The van der Waals surface area contributed by atoms with E-state index in [1.807, 2.05) is 0 Å². The van der Waals surface area contributed by atoms with Gasteiger partial charge in [0.1, 0.15) is 12.0 Å². The van der Waals surface area contributed by atoms with Crippen molar-refractivity contribution in [2.75, 3.05) is 11.9 Å². The summed E-state index contributed by atoms with van der Waals surface area (Å²) in [4.78, 5) is 11.1. The summed E-state index contributed by atoms with van der Waals surface area (Å²) in [6.45, 7) is 0.126. The van der Waals surface area contributed by atoms with Crippen LogP contribution in [0.25, 0.3) is 0 Å². The molecule has 0 fully saturated rings. The van der Waals surface area contributed by atoms with Gasteiger partial charge in [0, 0.05) is 13.0 Å². The molecule has 0 saturated heterocycles. The first-order valence-corrected chi connectivity index (χ1v) is 4.13. The molecule has 1 aromatic heterocycles. The number of aromatic nitrogens is 1. The molecule has 0 bridgehead atoms. The fourth-order valence-corrected chi connectivity index (χ4v) is 0.887. The van der Waals surface area contributed by atoms with Crippen molar-refractivity contribution in [3.63, 3.8) is 0 Å². The van der Waals surface area contributed by atoms with Gasteiger partial charge in [-0.05, 0) is 12.8 Å². The molecule has 1 amide bonds. The van der Waals surface area contributed by atoms with Crippen molar-refractivity contribution in [3.8, 4) is 0 Å². The summed E-state index contributed by atoms with van der Waals surface area (Å²) in [7, 11) is 0. The number of hydrogen-bond donors (Lipinski definition) is 2. The maximum atomic E-state index is 11.1. The van der Waals surface area contributed by atoms with Gasteiger partial charge in [-0.25, -0.2) is 0 Å². The lowest BCUT2D eigenvalue weighted by atomic mass is 10.2. The lowest BCUT2D eigenvalue weighted by Crippen LogP contribution is -2.10. The zero-order valence-electron chi connectivity index (χ0n) is 7.19. The van der Waals surface area contributed by atoms with Crippen LogP contribution in [-0.2, 0) is 4.79 Å². The van der Waals surface area contributed by atoms with Crippen LogP contribution in [0.2, 0.25) is 0 Å². The van der Waals surface area contributed by atoms with Crippen molar-refractivity contribution in [1.82, 2.24) is 5.16 Å². The number of carbonyl (C=O) groups excluding carboxylic acids is 1. The quantitative estimate of drug-likeness (QED) is 0.663. The molecule has 0 spiro atoms. The minimum atomic E-state index is -0.0864. The van der Waals surface area contributed by atoms with E-state index < -0.39 is 0 Å². The molecular weight excluding hydrogens is 172 g/mol. The highest BCUT2D eigenvalue weighted by Gasteiger charge is 2.02. The predicted molar refractivity (Wildman–Crippen MR) is 46.1 cm³/mol. The number of hydrogen-bond acceptors (Lipinski definition) is 4. The van der Waals surface area contributed by atoms with Crippen molar-refractivity contribution in [2.45, 2.75) is 19.3 Å². The Hall–Kier alpha value is -1.36. The van der Waals surface area contributed by atoms with E-state index in [1.165, 1.54) is 12.5 Å². The summed E-state index contributed by atoms with van der Waals surface area (Å²) in [6.07, 6.45) is 4.55. The summed E-state index contributed by atoms with van der Waals surface area (Å²) in [5, 5.41) is 14.5. The Kier molecular flexibility index (Phi) is 3.98. The molecule has 13 heavy (non-hydrogen) atoms. The van der Waals surface area contributed by atoms with E-state index in [9.17, 15) is 4.79 Å². The van der Waals surface area contributed by atoms with Gasteiger partial charge in [0.05, 0.1) is 6.20 Å². The van der Waals surface area contributed by atoms with E-state index in [0.29, 0.717) is 24.9 Å². The Morgan fingerprint density at radius 1 is 1.62 bits per heavy atom. The number of rotatable bonds is 5. The van der Waals surface area contributed by atoms with Crippen LogP contribution in [0, 0.1) is 0 Å². The highest BCUT2D eigenvalue weighted by molar-refractivity contribution is 5.90. The Labute approximate surface area is 75.7 Å². The lowest BCUT2D eigenvalue weighted by molar-refractivity contribution is -0.116. The molecule has 5 heteroatoms. The molecule has 0 atom stereocenters. The molecule has 0 aliphatic rings. The average Bonchev–Trinajstić information content (AvgIpc) is 2.57. The first-order valence-electron chi connectivity index (χ1n) is 4.13. The minimum Gasteiger partial charge on any atom is -0.396 e. The zero-order chi connectivity index (χ0) is 9.52. The van der Waals surface area contributed by atoms with E-state index in [-0.39, 0.29) is 12.5 Å². The van der Waals surface area contributed by atoms with Crippen molar-refractivity contribution in [1.29, 1.82) is 0 Å². The third kappa shape index (κ3) is 3.71. The highest BCUT2D eigenvalue weighted by Crippen LogP contribution is 2.05. The SMILES string of the molecule is O=C(CCCCO)Nc1cnoc1. The molecule has 0 unspecified atom stereocenters. The molecule has 0 aliphatic heterocycles. The van der Waals surface area contributed by atoms with Gasteiger partial charge in [0.25, 0.3) is 0 Å². The van der Waals surface area contributed by atoms with E-state index in [4.69, 9.17) is 5.11 Å². The van der Waals surface area contributed by atoms with Crippen LogP contribution in [0.4, 0.5) is 5.69 Å². The fourth-order valence-electron chi connectivity index (χ4n) is 0.887. The molecule has 0 saturated carbocycles. The van der Waals surface area contributed by atoms with Gasteiger partial charge >= 0.3 is 0 Å². The number of aliphatic hydroxyl groups excluding tert-OH is 1. The Morgan fingerprint density at radius 3 is 3.08 bits per heavy atom. The first kappa shape index (κ1) is 9.73. The highest BCUT2D eigenvalue weighted by atomic mass is 16.5. The molecule has 1 aromatic rings. The second-order valence-electron chi connectivity index (χ2n) is 2.64. The maximum absolute atomic E-state index is 11.1. The average molecular weight is 184 g/mol. The molecule has 5 nitrogen and oxygen atoms in total. The third-order valence-corrected chi connectivity index (χ3v) is 1.53. The van der Waals surface area contributed by atoms with Crippen molar-refractivity contribution in [3.05, 3.63) is 12.5 Å². The maximum Gasteiger partial charge on any atom is 0.224 e. The summed E-state index contributed by atoms with van der Waals surface area (Å²) >= 11 is 0. The van der Waals surface area contributed by atoms with Crippen LogP contribution in [-0.4, -0.2) is 22.8 Å². The van der Waals surface area contributed by atoms with Crippen molar-refractivity contribution < 1.29 is 14.4 Å². The standard InChI is InChI=1S/C8H12N2O3/c11-4-2-1-3-8(12)10-7-5-9-13-6-7/h5-6,11H,1-4H2,(H,10,12). The number of nitrogens with one attached hydrogen (secondary N) is 1. The predicted octanol–water partition coefficient (Wildman–Crippen LogP) is 0.776.